The fraction of sp³-hybridized carbons (Fsp3) is 0.500. The largest absolute Gasteiger partial charge is 0.508 e. The van der Waals surface area contributed by atoms with Crippen molar-refractivity contribution in [3.63, 3.8) is 0 Å². The highest BCUT2D eigenvalue weighted by Crippen LogP contribution is 2.32. The van der Waals surface area contributed by atoms with Gasteiger partial charge in [-0.15, -0.1) is 10.2 Å². The van der Waals surface area contributed by atoms with Crippen molar-refractivity contribution < 1.29 is 5.11 Å². The molecule has 0 saturated heterocycles. The van der Waals surface area contributed by atoms with Crippen molar-refractivity contribution in [2.24, 2.45) is 5.73 Å². The molecule has 112 valence electrons. The summed E-state index contributed by atoms with van der Waals surface area (Å²) in [4.78, 5) is 0. The summed E-state index contributed by atoms with van der Waals surface area (Å²) in [6, 6.07) is 7.51. The summed E-state index contributed by atoms with van der Waals surface area (Å²) in [5.74, 6) is 2.11. The Morgan fingerprint density at radius 1 is 1.24 bits per heavy atom. The molecule has 1 aromatic carbocycles. The third kappa shape index (κ3) is 2.93. The number of hydrogen-bond acceptors (Lipinski definition) is 4. The van der Waals surface area contributed by atoms with E-state index in [1.54, 1.807) is 12.1 Å². The Morgan fingerprint density at radius 3 is 2.57 bits per heavy atom. The Hall–Kier alpha value is -1.88. The highest BCUT2D eigenvalue weighted by atomic mass is 16.3. The van der Waals surface area contributed by atoms with E-state index in [1.165, 1.54) is 25.7 Å². The molecule has 0 unspecified atom stereocenters. The van der Waals surface area contributed by atoms with E-state index in [9.17, 15) is 5.11 Å². The van der Waals surface area contributed by atoms with Crippen LogP contribution in [0.2, 0.25) is 0 Å². The van der Waals surface area contributed by atoms with Crippen molar-refractivity contribution in [2.45, 2.75) is 51.1 Å². The lowest BCUT2D eigenvalue weighted by atomic mass is 10.1. The van der Waals surface area contributed by atoms with Gasteiger partial charge >= 0.3 is 0 Å². The molecule has 21 heavy (non-hydrogen) atoms. The lowest BCUT2D eigenvalue weighted by Gasteiger charge is -2.19. The maximum Gasteiger partial charge on any atom is 0.150 e. The van der Waals surface area contributed by atoms with Crippen LogP contribution in [0.4, 0.5) is 0 Å². The molecule has 5 nitrogen and oxygen atoms in total. The Kier molecular flexibility index (Phi) is 3.92. The molecular weight excluding hydrogens is 264 g/mol. The van der Waals surface area contributed by atoms with Crippen LogP contribution in [-0.4, -0.2) is 19.9 Å². The number of aromatic hydroxyl groups is 1. The molecule has 1 saturated carbocycles. The second-order valence-corrected chi connectivity index (χ2v) is 5.89. The number of nitrogens with two attached hydrogens (primary N) is 1. The average molecular weight is 286 g/mol. The summed E-state index contributed by atoms with van der Waals surface area (Å²) in [6.07, 6.45) is 5.63. The van der Waals surface area contributed by atoms with Gasteiger partial charge in [0.25, 0.3) is 0 Å². The van der Waals surface area contributed by atoms with Crippen LogP contribution in [0.25, 0.3) is 0 Å². The van der Waals surface area contributed by atoms with Gasteiger partial charge in [-0.2, -0.15) is 0 Å². The number of rotatable bonds is 4. The van der Waals surface area contributed by atoms with Crippen LogP contribution in [0.1, 0.15) is 55.0 Å². The molecule has 1 fully saturated rings. The van der Waals surface area contributed by atoms with E-state index < -0.39 is 0 Å². The van der Waals surface area contributed by atoms with Crippen molar-refractivity contribution in [1.29, 1.82) is 0 Å². The minimum atomic E-state index is -0.170. The fourth-order valence-corrected chi connectivity index (χ4v) is 3.23. The fourth-order valence-electron chi connectivity index (χ4n) is 3.23. The van der Waals surface area contributed by atoms with Gasteiger partial charge < -0.3 is 15.4 Å². The van der Waals surface area contributed by atoms with Crippen LogP contribution in [0.15, 0.2) is 24.3 Å². The Bertz CT molecular complexity index is 599. The molecule has 5 heteroatoms. The Labute approximate surface area is 124 Å². The van der Waals surface area contributed by atoms with Crippen LogP contribution in [0.3, 0.4) is 0 Å². The number of hydrogen-bond donors (Lipinski definition) is 2. The third-order valence-electron chi connectivity index (χ3n) is 4.31. The van der Waals surface area contributed by atoms with E-state index >= 15 is 0 Å². The zero-order valence-corrected chi connectivity index (χ0v) is 12.4. The number of phenolic OH excluding ortho intramolecular Hbond substituents is 1. The highest BCUT2D eigenvalue weighted by molar-refractivity contribution is 5.27. The molecule has 3 rings (SSSR count). The molecule has 0 radical (unpaired) electrons. The second kappa shape index (κ2) is 5.85. The minimum Gasteiger partial charge on any atom is -0.508 e. The smallest absolute Gasteiger partial charge is 0.150 e. The average Bonchev–Trinajstić information content (AvgIpc) is 3.10. The Morgan fingerprint density at radius 2 is 1.90 bits per heavy atom. The number of benzene rings is 1. The molecule has 0 spiro atoms. The van der Waals surface area contributed by atoms with Crippen molar-refractivity contribution in [3.8, 4) is 5.75 Å². The lowest BCUT2D eigenvalue weighted by Crippen LogP contribution is -2.21. The third-order valence-corrected chi connectivity index (χ3v) is 4.31. The van der Waals surface area contributed by atoms with E-state index in [1.807, 2.05) is 19.1 Å². The van der Waals surface area contributed by atoms with Crippen molar-refractivity contribution in [3.05, 3.63) is 41.5 Å². The van der Waals surface area contributed by atoms with Gasteiger partial charge in [0.2, 0.25) is 0 Å². The molecule has 0 bridgehead atoms. The van der Waals surface area contributed by atoms with Gasteiger partial charge in [-0.3, -0.25) is 0 Å². The topological polar surface area (TPSA) is 77.0 Å². The van der Waals surface area contributed by atoms with Crippen LogP contribution in [-0.2, 0) is 6.42 Å². The zero-order valence-electron chi connectivity index (χ0n) is 12.4. The lowest BCUT2D eigenvalue weighted by molar-refractivity contribution is 0.465. The second-order valence-electron chi connectivity index (χ2n) is 5.89. The SMILES string of the molecule is Cc1nnc([C@@H](N)Cc2ccc(O)cc2)n1C1CCCC1. The predicted octanol–water partition coefficient (Wildman–Crippen LogP) is 2.65. The summed E-state index contributed by atoms with van der Waals surface area (Å²) in [5, 5.41) is 17.9. The summed E-state index contributed by atoms with van der Waals surface area (Å²) in [6.45, 7) is 2.00. The monoisotopic (exact) mass is 286 g/mol. The van der Waals surface area contributed by atoms with E-state index in [2.05, 4.69) is 14.8 Å². The van der Waals surface area contributed by atoms with Gasteiger partial charge in [0.15, 0.2) is 5.82 Å². The molecule has 1 heterocycles. The normalized spacial score (nSPS) is 17.2. The summed E-state index contributed by atoms with van der Waals surface area (Å²) in [5.41, 5.74) is 7.46. The zero-order chi connectivity index (χ0) is 14.8. The van der Waals surface area contributed by atoms with Crippen molar-refractivity contribution in [1.82, 2.24) is 14.8 Å². The quantitative estimate of drug-likeness (QED) is 0.906. The first-order valence-electron chi connectivity index (χ1n) is 7.60. The molecule has 0 amide bonds. The first-order chi connectivity index (χ1) is 10.1. The maximum absolute atomic E-state index is 9.34. The van der Waals surface area contributed by atoms with Gasteiger partial charge in [0, 0.05) is 6.04 Å². The highest BCUT2D eigenvalue weighted by Gasteiger charge is 2.25. The van der Waals surface area contributed by atoms with E-state index in [0.717, 1.165) is 17.2 Å². The standard InChI is InChI=1S/C16H22N4O/c1-11-18-19-16(20(11)13-4-2-3-5-13)15(17)10-12-6-8-14(21)9-7-12/h6-9,13,15,21H,2-5,10,17H2,1H3/t15-/m0/s1. The molecular formula is C16H22N4O. The van der Waals surface area contributed by atoms with E-state index in [4.69, 9.17) is 5.73 Å². The van der Waals surface area contributed by atoms with Gasteiger partial charge in [-0.25, -0.2) is 0 Å². The summed E-state index contributed by atoms with van der Waals surface area (Å²) in [7, 11) is 0. The van der Waals surface area contributed by atoms with Crippen LogP contribution < -0.4 is 5.73 Å². The molecule has 1 aromatic heterocycles. The molecule has 2 aromatic rings. The molecule has 0 aliphatic heterocycles. The van der Waals surface area contributed by atoms with Crippen molar-refractivity contribution in [2.75, 3.05) is 0 Å². The van der Waals surface area contributed by atoms with Crippen molar-refractivity contribution >= 4 is 0 Å². The summed E-state index contributed by atoms with van der Waals surface area (Å²) >= 11 is 0. The maximum atomic E-state index is 9.34. The molecule has 1 aliphatic rings. The van der Waals surface area contributed by atoms with Gasteiger partial charge in [0.1, 0.15) is 11.6 Å². The van der Waals surface area contributed by atoms with E-state index in [0.29, 0.717) is 12.5 Å². The van der Waals surface area contributed by atoms with Gasteiger partial charge in [0.05, 0.1) is 6.04 Å². The van der Waals surface area contributed by atoms with Gasteiger partial charge in [-0.05, 0) is 43.9 Å². The van der Waals surface area contributed by atoms with Gasteiger partial charge in [-0.1, -0.05) is 25.0 Å². The molecule has 3 N–H and O–H groups in total. The minimum absolute atomic E-state index is 0.170. The van der Waals surface area contributed by atoms with Crippen LogP contribution in [0, 0.1) is 6.92 Å². The summed E-state index contributed by atoms with van der Waals surface area (Å²) < 4.78 is 2.23. The number of aromatic nitrogens is 3. The number of nitrogens with zero attached hydrogens (tertiary/aromatic N) is 3. The Balaban J connectivity index is 1.81. The van der Waals surface area contributed by atoms with Crippen LogP contribution in [0.5, 0.6) is 5.75 Å². The first-order valence-corrected chi connectivity index (χ1v) is 7.60. The van der Waals surface area contributed by atoms with E-state index in [-0.39, 0.29) is 11.8 Å². The van der Waals surface area contributed by atoms with Crippen LogP contribution >= 0.6 is 0 Å². The molecule has 1 aliphatic carbocycles. The first kappa shape index (κ1) is 14.1. The number of aryl methyl sites for hydroxylation is 1. The number of phenols is 1. The molecule has 1 atom stereocenters. The predicted molar refractivity (Wildman–Crippen MR) is 81.0 cm³/mol.